The largest absolute Gasteiger partial charge is 0.0906 e. The summed E-state index contributed by atoms with van der Waals surface area (Å²) in [5.41, 5.74) is 7.56. The highest BCUT2D eigenvalue weighted by Crippen LogP contribution is 2.33. The Labute approximate surface area is 168 Å². The highest BCUT2D eigenvalue weighted by atomic mass is 14.2. The smallest absolute Gasteiger partial charge is 0.0183 e. The third kappa shape index (κ3) is 4.58. The monoisotopic (exact) mass is 362 g/mol. The first kappa shape index (κ1) is 18.3. The third-order valence-corrected chi connectivity index (χ3v) is 5.47. The van der Waals surface area contributed by atoms with E-state index in [1.807, 2.05) is 6.07 Å². The molecule has 1 saturated carbocycles. The molecule has 0 spiro atoms. The van der Waals surface area contributed by atoms with Gasteiger partial charge in [-0.1, -0.05) is 115 Å². The summed E-state index contributed by atoms with van der Waals surface area (Å²) in [5, 5.41) is 0. The van der Waals surface area contributed by atoms with Crippen LogP contribution in [0, 0.1) is 5.92 Å². The van der Waals surface area contributed by atoms with Crippen LogP contribution in [-0.2, 0) is 0 Å². The Morgan fingerprint density at radius 1 is 0.750 bits per heavy atom. The molecule has 0 amide bonds. The molecule has 1 atom stereocenters. The Morgan fingerprint density at radius 2 is 1.39 bits per heavy atom. The fourth-order valence-electron chi connectivity index (χ4n) is 3.84. The van der Waals surface area contributed by atoms with Crippen LogP contribution < -0.4 is 0 Å². The molecule has 138 valence electrons. The summed E-state index contributed by atoms with van der Waals surface area (Å²) in [5.74, 6) is 0.656. The average Bonchev–Trinajstić information content (AvgIpc) is 3.21. The second-order valence-corrected chi connectivity index (χ2v) is 7.54. The van der Waals surface area contributed by atoms with E-state index in [2.05, 4.69) is 104 Å². The van der Waals surface area contributed by atoms with Crippen molar-refractivity contribution >= 4 is 17.7 Å². The van der Waals surface area contributed by atoms with Crippen molar-refractivity contribution in [2.24, 2.45) is 5.92 Å². The molecular weight excluding hydrogens is 336 g/mol. The topological polar surface area (TPSA) is 0 Å². The minimum absolute atomic E-state index is 0.656. The standard InChI is InChI=1S/C28H26/c1-22(27-10-6-3-7-11-27)28-18-16-25(17-19-28)21-26-15-14-24(20-26)13-12-23-8-4-2-5-9-23/h2-13,16-19,21,24H,1,14-15,20H2/b13-12+,26-21-. The fraction of sp³-hybridized carbons (Fsp3) is 0.143. The molecule has 0 radical (unpaired) electrons. The van der Waals surface area contributed by atoms with Crippen LogP contribution in [0.25, 0.3) is 17.7 Å². The first-order valence-corrected chi connectivity index (χ1v) is 10.1. The molecule has 1 aliphatic rings. The van der Waals surface area contributed by atoms with Gasteiger partial charge in [-0.15, -0.1) is 0 Å². The van der Waals surface area contributed by atoms with Gasteiger partial charge in [0.1, 0.15) is 0 Å². The summed E-state index contributed by atoms with van der Waals surface area (Å²) >= 11 is 0. The minimum Gasteiger partial charge on any atom is -0.0906 e. The average molecular weight is 363 g/mol. The van der Waals surface area contributed by atoms with Gasteiger partial charge >= 0.3 is 0 Å². The van der Waals surface area contributed by atoms with Crippen LogP contribution in [0.5, 0.6) is 0 Å². The Hall–Kier alpha value is -3.12. The summed E-state index contributed by atoms with van der Waals surface area (Å²) in [6.45, 7) is 4.26. The Kier molecular flexibility index (Phi) is 5.68. The first-order valence-electron chi connectivity index (χ1n) is 10.1. The molecule has 0 saturated heterocycles. The van der Waals surface area contributed by atoms with Gasteiger partial charge in [0.05, 0.1) is 0 Å². The first-order chi connectivity index (χ1) is 13.8. The number of hydrogen-bond acceptors (Lipinski definition) is 0. The summed E-state index contributed by atoms with van der Waals surface area (Å²) in [6, 6.07) is 29.7. The van der Waals surface area contributed by atoms with Crippen LogP contribution in [0.15, 0.2) is 103 Å². The zero-order valence-electron chi connectivity index (χ0n) is 16.2. The van der Waals surface area contributed by atoms with Gasteiger partial charge in [0, 0.05) is 0 Å². The molecule has 0 heterocycles. The van der Waals surface area contributed by atoms with Crippen molar-refractivity contribution in [1.82, 2.24) is 0 Å². The van der Waals surface area contributed by atoms with Crippen LogP contribution in [0.1, 0.15) is 41.5 Å². The quantitative estimate of drug-likeness (QED) is 0.437. The molecule has 1 aliphatic carbocycles. The van der Waals surface area contributed by atoms with E-state index in [0.717, 1.165) is 5.57 Å². The molecule has 3 aromatic rings. The third-order valence-electron chi connectivity index (χ3n) is 5.47. The van der Waals surface area contributed by atoms with Crippen molar-refractivity contribution in [3.8, 4) is 0 Å². The van der Waals surface area contributed by atoms with Gasteiger partial charge in [-0.3, -0.25) is 0 Å². The van der Waals surface area contributed by atoms with E-state index in [1.54, 1.807) is 5.57 Å². The minimum atomic E-state index is 0.656. The van der Waals surface area contributed by atoms with E-state index < -0.39 is 0 Å². The molecule has 0 aliphatic heterocycles. The highest BCUT2D eigenvalue weighted by molar-refractivity contribution is 5.78. The van der Waals surface area contributed by atoms with Crippen molar-refractivity contribution in [3.63, 3.8) is 0 Å². The molecule has 3 aromatic carbocycles. The van der Waals surface area contributed by atoms with E-state index in [4.69, 9.17) is 0 Å². The van der Waals surface area contributed by atoms with E-state index in [9.17, 15) is 0 Å². The predicted molar refractivity (Wildman–Crippen MR) is 122 cm³/mol. The van der Waals surface area contributed by atoms with Crippen molar-refractivity contribution in [2.75, 3.05) is 0 Å². The van der Waals surface area contributed by atoms with Gasteiger partial charge < -0.3 is 0 Å². The van der Waals surface area contributed by atoms with Crippen LogP contribution in [0.3, 0.4) is 0 Å². The number of benzene rings is 3. The van der Waals surface area contributed by atoms with Crippen LogP contribution >= 0.6 is 0 Å². The zero-order valence-corrected chi connectivity index (χ0v) is 16.2. The van der Waals surface area contributed by atoms with Crippen molar-refractivity contribution < 1.29 is 0 Å². The van der Waals surface area contributed by atoms with Crippen molar-refractivity contribution in [3.05, 3.63) is 125 Å². The Morgan fingerprint density at radius 3 is 2.11 bits per heavy atom. The van der Waals surface area contributed by atoms with Crippen LogP contribution in [0.2, 0.25) is 0 Å². The van der Waals surface area contributed by atoms with Crippen LogP contribution in [0.4, 0.5) is 0 Å². The number of allylic oxidation sites excluding steroid dienone is 2. The normalized spacial score (nSPS) is 18.0. The lowest BCUT2D eigenvalue weighted by atomic mass is 9.98. The van der Waals surface area contributed by atoms with E-state index in [1.165, 1.54) is 41.5 Å². The maximum absolute atomic E-state index is 4.26. The van der Waals surface area contributed by atoms with Gasteiger partial charge in [-0.25, -0.2) is 0 Å². The SMILES string of the molecule is C=C(c1ccccc1)c1ccc(/C=C2/CCC(/C=C/c3ccccc3)C2)cc1. The Balaban J connectivity index is 1.39. The van der Waals surface area contributed by atoms with Gasteiger partial charge in [0.2, 0.25) is 0 Å². The lowest BCUT2D eigenvalue weighted by Crippen LogP contribution is -1.87. The summed E-state index contributed by atoms with van der Waals surface area (Å²) in [4.78, 5) is 0. The molecule has 4 rings (SSSR count). The van der Waals surface area contributed by atoms with Gasteiger partial charge in [-0.2, -0.15) is 0 Å². The summed E-state index contributed by atoms with van der Waals surface area (Å²) in [6.07, 6.45) is 10.6. The van der Waals surface area contributed by atoms with Gasteiger partial charge in [0.25, 0.3) is 0 Å². The molecule has 0 bridgehead atoms. The van der Waals surface area contributed by atoms with Crippen molar-refractivity contribution in [1.29, 1.82) is 0 Å². The predicted octanol–water partition coefficient (Wildman–Crippen LogP) is 7.65. The summed E-state index contributed by atoms with van der Waals surface area (Å²) < 4.78 is 0. The van der Waals surface area contributed by atoms with Crippen molar-refractivity contribution in [2.45, 2.75) is 19.3 Å². The maximum Gasteiger partial charge on any atom is -0.0183 e. The van der Waals surface area contributed by atoms with E-state index in [-0.39, 0.29) is 0 Å². The molecule has 1 fully saturated rings. The molecule has 0 aromatic heterocycles. The molecular formula is C28H26. The van der Waals surface area contributed by atoms with E-state index in [0.29, 0.717) is 5.92 Å². The molecule has 0 N–H and O–H groups in total. The molecule has 0 nitrogen and oxygen atoms in total. The summed E-state index contributed by atoms with van der Waals surface area (Å²) in [7, 11) is 0. The second kappa shape index (κ2) is 8.71. The van der Waals surface area contributed by atoms with Gasteiger partial charge in [-0.05, 0) is 53.0 Å². The molecule has 28 heavy (non-hydrogen) atoms. The van der Waals surface area contributed by atoms with Crippen LogP contribution in [-0.4, -0.2) is 0 Å². The second-order valence-electron chi connectivity index (χ2n) is 7.54. The van der Waals surface area contributed by atoms with Gasteiger partial charge in [0.15, 0.2) is 0 Å². The zero-order chi connectivity index (χ0) is 19.2. The molecule has 0 heteroatoms. The van der Waals surface area contributed by atoms with E-state index >= 15 is 0 Å². The molecule has 1 unspecified atom stereocenters. The maximum atomic E-state index is 4.26. The lowest BCUT2D eigenvalue weighted by molar-refractivity contribution is 0.697. The highest BCUT2D eigenvalue weighted by Gasteiger charge is 2.16. The lowest BCUT2D eigenvalue weighted by Gasteiger charge is -2.07. The Bertz CT molecular complexity index is 973. The number of hydrogen-bond donors (Lipinski definition) is 0. The fourth-order valence-corrected chi connectivity index (χ4v) is 3.84. The number of rotatable bonds is 5.